The molecule has 2 heterocycles. The minimum absolute atomic E-state index is 0.230. The Balaban J connectivity index is 2.29. The Hall–Kier alpha value is -0.160. The van der Waals surface area contributed by atoms with Gasteiger partial charge < -0.3 is 5.32 Å². The van der Waals surface area contributed by atoms with Gasteiger partial charge in [-0.25, -0.2) is 0 Å². The molecule has 0 amide bonds. The SMILES string of the molecule is CCCNC(c1ccc(Br)s1)c1ccc(C(C)(C)C)s1. The Morgan fingerprint density at radius 2 is 1.75 bits per heavy atom. The minimum Gasteiger partial charge on any atom is -0.305 e. The molecule has 0 aliphatic heterocycles. The molecule has 0 bridgehead atoms. The summed E-state index contributed by atoms with van der Waals surface area (Å²) in [6.07, 6.45) is 1.15. The molecule has 1 nitrogen and oxygen atoms in total. The fourth-order valence-corrected chi connectivity index (χ4v) is 4.78. The van der Waals surface area contributed by atoms with E-state index in [0.717, 1.165) is 13.0 Å². The van der Waals surface area contributed by atoms with Crippen molar-refractivity contribution in [3.8, 4) is 0 Å². The maximum absolute atomic E-state index is 3.68. The van der Waals surface area contributed by atoms with Crippen molar-refractivity contribution in [2.45, 2.75) is 45.6 Å². The molecule has 110 valence electrons. The van der Waals surface area contributed by atoms with E-state index < -0.39 is 0 Å². The Labute approximate surface area is 138 Å². The van der Waals surface area contributed by atoms with Gasteiger partial charge in [-0.05, 0) is 58.6 Å². The molecular formula is C16H22BrNS2. The van der Waals surface area contributed by atoms with Crippen LogP contribution in [0.4, 0.5) is 0 Å². The summed E-state index contributed by atoms with van der Waals surface area (Å²) in [7, 11) is 0. The first-order valence-corrected chi connectivity index (χ1v) is 9.43. The number of hydrogen-bond donors (Lipinski definition) is 1. The number of thiophene rings is 2. The first kappa shape index (κ1) is 16.2. The fourth-order valence-electron chi connectivity index (χ4n) is 2.02. The number of rotatable bonds is 5. The average molecular weight is 372 g/mol. The van der Waals surface area contributed by atoms with E-state index in [-0.39, 0.29) is 5.41 Å². The highest BCUT2D eigenvalue weighted by molar-refractivity contribution is 9.11. The zero-order valence-electron chi connectivity index (χ0n) is 12.5. The Morgan fingerprint density at radius 1 is 1.10 bits per heavy atom. The standard InChI is InChI=1S/C16H22BrNS2/c1-5-10-18-15(12-7-9-14(17)20-12)11-6-8-13(19-11)16(2,3)4/h6-9,15,18H,5,10H2,1-4H3. The monoisotopic (exact) mass is 371 g/mol. The van der Waals surface area contributed by atoms with Crippen molar-refractivity contribution in [2.75, 3.05) is 6.54 Å². The number of halogens is 1. The zero-order chi connectivity index (χ0) is 14.8. The first-order chi connectivity index (χ1) is 9.41. The topological polar surface area (TPSA) is 12.0 Å². The molecule has 0 saturated heterocycles. The normalized spacial score (nSPS) is 13.7. The van der Waals surface area contributed by atoms with Crippen LogP contribution in [0.1, 0.15) is 54.8 Å². The summed E-state index contributed by atoms with van der Waals surface area (Å²) in [5.74, 6) is 0. The lowest BCUT2D eigenvalue weighted by Gasteiger charge is -2.17. The van der Waals surface area contributed by atoms with Gasteiger partial charge in [0.1, 0.15) is 0 Å². The van der Waals surface area contributed by atoms with Gasteiger partial charge in [-0.2, -0.15) is 0 Å². The molecule has 0 aliphatic rings. The van der Waals surface area contributed by atoms with Gasteiger partial charge in [0, 0.05) is 14.6 Å². The van der Waals surface area contributed by atoms with Crippen molar-refractivity contribution >= 4 is 38.6 Å². The van der Waals surface area contributed by atoms with Crippen LogP contribution in [0, 0.1) is 0 Å². The largest absolute Gasteiger partial charge is 0.305 e. The van der Waals surface area contributed by atoms with Crippen LogP contribution in [0.25, 0.3) is 0 Å². The maximum atomic E-state index is 3.68. The van der Waals surface area contributed by atoms with Gasteiger partial charge in [-0.15, -0.1) is 22.7 Å². The summed E-state index contributed by atoms with van der Waals surface area (Å²) in [6.45, 7) is 10.1. The Morgan fingerprint density at radius 3 is 2.25 bits per heavy atom. The van der Waals surface area contributed by atoms with Gasteiger partial charge >= 0.3 is 0 Å². The van der Waals surface area contributed by atoms with Crippen LogP contribution < -0.4 is 5.32 Å². The second-order valence-electron chi connectivity index (χ2n) is 5.98. The molecule has 1 unspecified atom stereocenters. The molecule has 0 saturated carbocycles. The second kappa shape index (κ2) is 6.73. The van der Waals surface area contributed by atoms with Gasteiger partial charge in [0.05, 0.1) is 9.83 Å². The van der Waals surface area contributed by atoms with Gasteiger partial charge in [0.25, 0.3) is 0 Å². The van der Waals surface area contributed by atoms with E-state index in [1.807, 2.05) is 22.7 Å². The van der Waals surface area contributed by atoms with E-state index in [4.69, 9.17) is 0 Å². The molecule has 0 spiro atoms. The van der Waals surface area contributed by atoms with Gasteiger partial charge in [0.2, 0.25) is 0 Å². The van der Waals surface area contributed by atoms with E-state index in [2.05, 4.69) is 73.2 Å². The van der Waals surface area contributed by atoms with Crippen LogP contribution in [0.3, 0.4) is 0 Å². The third kappa shape index (κ3) is 3.94. The maximum Gasteiger partial charge on any atom is 0.0765 e. The lowest BCUT2D eigenvalue weighted by molar-refractivity contribution is 0.603. The predicted molar refractivity (Wildman–Crippen MR) is 95.2 cm³/mol. The van der Waals surface area contributed by atoms with Crippen molar-refractivity contribution in [3.63, 3.8) is 0 Å². The molecule has 2 rings (SSSR count). The van der Waals surface area contributed by atoms with Gasteiger partial charge in [0.15, 0.2) is 0 Å². The molecule has 0 fully saturated rings. The second-order valence-corrected chi connectivity index (χ2v) is 9.59. The highest BCUT2D eigenvalue weighted by Gasteiger charge is 2.21. The lowest BCUT2D eigenvalue weighted by Crippen LogP contribution is -2.21. The first-order valence-electron chi connectivity index (χ1n) is 7.00. The number of nitrogens with one attached hydrogen (secondary N) is 1. The van der Waals surface area contributed by atoms with E-state index in [9.17, 15) is 0 Å². The third-order valence-corrected chi connectivity index (χ3v) is 6.39. The highest BCUT2D eigenvalue weighted by atomic mass is 79.9. The van der Waals surface area contributed by atoms with E-state index in [1.165, 1.54) is 18.4 Å². The summed E-state index contributed by atoms with van der Waals surface area (Å²) in [5.41, 5.74) is 0.230. The van der Waals surface area contributed by atoms with Crippen molar-refractivity contribution in [2.24, 2.45) is 0 Å². The highest BCUT2D eigenvalue weighted by Crippen LogP contribution is 2.37. The lowest BCUT2D eigenvalue weighted by atomic mass is 9.95. The van der Waals surface area contributed by atoms with E-state index >= 15 is 0 Å². The molecule has 1 N–H and O–H groups in total. The molecule has 2 aromatic heterocycles. The van der Waals surface area contributed by atoms with Gasteiger partial charge in [-0.1, -0.05) is 27.7 Å². The fraction of sp³-hybridized carbons (Fsp3) is 0.500. The molecule has 20 heavy (non-hydrogen) atoms. The Bertz CT molecular complexity index is 551. The number of hydrogen-bond acceptors (Lipinski definition) is 3. The molecule has 0 aliphatic carbocycles. The third-order valence-electron chi connectivity index (χ3n) is 3.13. The van der Waals surface area contributed by atoms with Crippen molar-refractivity contribution < 1.29 is 0 Å². The van der Waals surface area contributed by atoms with Crippen molar-refractivity contribution in [1.29, 1.82) is 0 Å². The van der Waals surface area contributed by atoms with E-state index in [1.54, 1.807) is 0 Å². The Kier molecular flexibility index (Phi) is 5.46. The summed E-state index contributed by atoms with van der Waals surface area (Å²) in [4.78, 5) is 4.25. The van der Waals surface area contributed by atoms with Crippen LogP contribution >= 0.6 is 38.6 Å². The van der Waals surface area contributed by atoms with Crippen LogP contribution in [-0.4, -0.2) is 6.54 Å². The van der Waals surface area contributed by atoms with E-state index in [0.29, 0.717) is 6.04 Å². The summed E-state index contributed by atoms with van der Waals surface area (Å²) in [5, 5.41) is 3.68. The van der Waals surface area contributed by atoms with Crippen LogP contribution in [0.2, 0.25) is 0 Å². The summed E-state index contributed by atoms with van der Waals surface area (Å²) in [6, 6.07) is 9.25. The zero-order valence-corrected chi connectivity index (χ0v) is 15.7. The molecule has 4 heteroatoms. The van der Waals surface area contributed by atoms with Crippen LogP contribution in [-0.2, 0) is 5.41 Å². The molecule has 1 atom stereocenters. The smallest absolute Gasteiger partial charge is 0.0765 e. The van der Waals surface area contributed by atoms with Crippen LogP contribution in [0.5, 0.6) is 0 Å². The van der Waals surface area contributed by atoms with Crippen LogP contribution in [0.15, 0.2) is 28.1 Å². The van der Waals surface area contributed by atoms with Crippen molar-refractivity contribution in [1.82, 2.24) is 5.32 Å². The molecule has 2 aromatic rings. The molecule has 0 radical (unpaired) electrons. The quantitative estimate of drug-likeness (QED) is 0.683. The molecule has 0 aromatic carbocycles. The molecular weight excluding hydrogens is 350 g/mol. The summed E-state index contributed by atoms with van der Waals surface area (Å²) < 4.78 is 1.20. The minimum atomic E-state index is 0.230. The van der Waals surface area contributed by atoms with Crippen molar-refractivity contribution in [3.05, 3.63) is 42.7 Å². The summed E-state index contributed by atoms with van der Waals surface area (Å²) >= 11 is 7.32. The average Bonchev–Trinajstić information content (AvgIpc) is 2.99. The van der Waals surface area contributed by atoms with Gasteiger partial charge in [-0.3, -0.25) is 0 Å². The predicted octanol–water partition coefficient (Wildman–Crippen LogP) is 5.96.